The minimum Gasteiger partial charge on any atom is -0.462 e. The van der Waals surface area contributed by atoms with Crippen molar-refractivity contribution < 1.29 is 9.53 Å². The SMILES string of the molecule is C=C(C(=O)OCCCCC)c1cccs1. The zero-order valence-electron chi connectivity index (χ0n) is 8.99. The molecule has 0 aliphatic carbocycles. The van der Waals surface area contributed by atoms with Gasteiger partial charge in [0.15, 0.2) is 0 Å². The number of esters is 1. The Kier molecular flexibility index (Phi) is 5.12. The van der Waals surface area contributed by atoms with Crippen LogP contribution in [0.5, 0.6) is 0 Å². The van der Waals surface area contributed by atoms with Crippen LogP contribution in [-0.2, 0) is 9.53 Å². The number of hydrogen-bond acceptors (Lipinski definition) is 3. The Labute approximate surface area is 94.6 Å². The van der Waals surface area contributed by atoms with E-state index in [-0.39, 0.29) is 5.97 Å². The van der Waals surface area contributed by atoms with Gasteiger partial charge in [-0.25, -0.2) is 4.79 Å². The molecule has 0 spiro atoms. The highest BCUT2D eigenvalue weighted by atomic mass is 32.1. The second-order valence-electron chi connectivity index (χ2n) is 3.30. The van der Waals surface area contributed by atoms with Crippen LogP contribution in [0.4, 0.5) is 0 Å². The lowest BCUT2D eigenvalue weighted by molar-refractivity contribution is -0.136. The summed E-state index contributed by atoms with van der Waals surface area (Å²) in [6.07, 6.45) is 3.15. The van der Waals surface area contributed by atoms with Crippen LogP contribution in [0.1, 0.15) is 31.1 Å². The van der Waals surface area contributed by atoms with Crippen molar-refractivity contribution in [3.05, 3.63) is 29.0 Å². The van der Waals surface area contributed by atoms with E-state index in [1.165, 1.54) is 11.3 Å². The fourth-order valence-corrected chi connectivity index (χ4v) is 1.84. The molecule has 0 fully saturated rings. The Balaban J connectivity index is 2.31. The predicted molar refractivity (Wildman–Crippen MR) is 63.8 cm³/mol. The zero-order chi connectivity index (χ0) is 11.1. The van der Waals surface area contributed by atoms with Gasteiger partial charge < -0.3 is 4.74 Å². The van der Waals surface area contributed by atoms with Gasteiger partial charge in [0.2, 0.25) is 0 Å². The first-order valence-electron chi connectivity index (χ1n) is 5.15. The van der Waals surface area contributed by atoms with Gasteiger partial charge in [-0.3, -0.25) is 0 Å². The first kappa shape index (κ1) is 12.0. The van der Waals surface area contributed by atoms with Gasteiger partial charge in [-0.1, -0.05) is 32.4 Å². The van der Waals surface area contributed by atoms with Crippen LogP contribution < -0.4 is 0 Å². The van der Waals surface area contributed by atoms with Crippen LogP contribution in [0.25, 0.3) is 5.57 Å². The molecule has 1 rings (SSSR count). The molecule has 0 aliphatic rings. The molecule has 1 aromatic rings. The Morgan fingerprint density at radius 1 is 1.53 bits per heavy atom. The molecule has 82 valence electrons. The van der Waals surface area contributed by atoms with Gasteiger partial charge >= 0.3 is 5.97 Å². The van der Waals surface area contributed by atoms with Crippen molar-refractivity contribution in [3.63, 3.8) is 0 Å². The molecule has 3 heteroatoms. The molecule has 0 aromatic carbocycles. The number of unbranched alkanes of at least 4 members (excludes halogenated alkanes) is 2. The fraction of sp³-hybridized carbons (Fsp3) is 0.417. The van der Waals surface area contributed by atoms with Crippen LogP contribution >= 0.6 is 11.3 Å². The third kappa shape index (κ3) is 3.88. The monoisotopic (exact) mass is 224 g/mol. The van der Waals surface area contributed by atoms with Gasteiger partial charge in [0.1, 0.15) is 0 Å². The third-order valence-corrected chi connectivity index (χ3v) is 2.98. The second kappa shape index (κ2) is 6.40. The van der Waals surface area contributed by atoms with Crippen molar-refractivity contribution in [1.29, 1.82) is 0 Å². The Morgan fingerprint density at radius 3 is 2.93 bits per heavy atom. The van der Waals surface area contributed by atoms with Crippen molar-refractivity contribution in [3.8, 4) is 0 Å². The molecule has 0 amide bonds. The highest BCUT2D eigenvalue weighted by Crippen LogP contribution is 2.19. The van der Waals surface area contributed by atoms with Gasteiger partial charge in [-0.2, -0.15) is 0 Å². The van der Waals surface area contributed by atoms with E-state index in [9.17, 15) is 4.79 Å². The average molecular weight is 224 g/mol. The molecule has 0 unspecified atom stereocenters. The molecule has 0 saturated carbocycles. The van der Waals surface area contributed by atoms with Gasteiger partial charge in [0.05, 0.1) is 12.2 Å². The first-order valence-corrected chi connectivity index (χ1v) is 6.03. The first-order chi connectivity index (χ1) is 7.25. The molecule has 1 heterocycles. The standard InChI is InChI=1S/C12H16O2S/c1-3-4-5-8-14-12(13)10(2)11-7-6-9-15-11/h6-7,9H,2-5,8H2,1H3. The number of thiophene rings is 1. The molecule has 15 heavy (non-hydrogen) atoms. The van der Waals surface area contributed by atoms with E-state index >= 15 is 0 Å². The molecule has 0 saturated heterocycles. The van der Waals surface area contributed by atoms with Crippen LogP contribution in [0.3, 0.4) is 0 Å². The Hall–Kier alpha value is -1.09. The van der Waals surface area contributed by atoms with Crippen molar-refractivity contribution in [2.75, 3.05) is 6.61 Å². The Bertz CT molecular complexity index is 314. The minimum absolute atomic E-state index is 0.298. The highest BCUT2D eigenvalue weighted by Gasteiger charge is 2.10. The smallest absolute Gasteiger partial charge is 0.338 e. The molecule has 0 atom stereocenters. The minimum atomic E-state index is -0.298. The van der Waals surface area contributed by atoms with Crippen LogP contribution in [0.15, 0.2) is 24.1 Å². The third-order valence-electron chi connectivity index (χ3n) is 2.05. The van der Waals surface area contributed by atoms with Gasteiger partial charge in [0, 0.05) is 4.88 Å². The van der Waals surface area contributed by atoms with Gasteiger partial charge in [0.25, 0.3) is 0 Å². The number of hydrogen-bond donors (Lipinski definition) is 0. The summed E-state index contributed by atoms with van der Waals surface area (Å²) in [6, 6.07) is 3.77. The molecule has 0 bridgehead atoms. The number of rotatable bonds is 6. The second-order valence-corrected chi connectivity index (χ2v) is 4.25. The average Bonchev–Trinajstić information content (AvgIpc) is 2.76. The summed E-state index contributed by atoms with van der Waals surface area (Å²) in [5, 5.41) is 1.92. The van der Waals surface area contributed by atoms with Crippen LogP contribution in [0, 0.1) is 0 Å². The molecular formula is C12H16O2S. The van der Waals surface area contributed by atoms with E-state index in [0.29, 0.717) is 12.2 Å². The molecule has 0 N–H and O–H groups in total. The summed E-state index contributed by atoms with van der Waals surface area (Å²) in [4.78, 5) is 12.4. The fourth-order valence-electron chi connectivity index (χ4n) is 1.15. The van der Waals surface area contributed by atoms with Crippen molar-refractivity contribution in [2.45, 2.75) is 26.2 Å². The van der Waals surface area contributed by atoms with E-state index in [0.717, 1.165) is 24.1 Å². The predicted octanol–water partition coefficient (Wildman–Crippen LogP) is 3.49. The molecule has 1 aromatic heterocycles. The van der Waals surface area contributed by atoms with Crippen LogP contribution in [0.2, 0.25) is 0 Å². The van der Waals surface area contributed by atoms with E-state index in [4.69, 9.17) is 4.74 Å². The zero-order valence-corrected chi connectivity index (χ0v) is 9.81. The largest absolute Gasteiger partial charge is 0.462 e. The molecule has 0 radical (unpaired) electrons. The molecule has 2 nitrogen and oxygen atoms in total. The van der Waals surface area contributed by atoms with E-state index in [1.54, 1.807) is 0 Å². The quantitative estimate of drug-likeness (QED) is 0.420. The Morgan fingerprint density at radius 2 is 2.33 bits per heavy atom. The topological polar surface area (TPSA) is 26.3 Å². The summed E-state index contributed by atoms with van der Waals surface area (Å²) < 4.78 is 5.10. The number of carbonyl (C=O) groups is 1. The lowest BCUT2D eigenvalue weighted by atomic mass is 10.2. The normalized spacial score (nSPS) is 9.93. The van der Waals surface area contributed by atoms with E-state index in [2.05, 4.69) is 13.5 Å². The van der Waals surface area contributed by atoms with Gasteiger partial charge in [-0.15, -0.1) is 11.3 Å². The van der Waals surface area contributed by atoms with E-state index < -0.39 is 0 Å². The van der Waals surface area contributed by atoms with Crippen molar-refractivity contribution in [2.24, 2.45) is 0 Å². The summed E-state index contributed by atoms with van der Waals surface area (Å²) in [7, 11) is 0. The van der Waals surface area contributed by atoms with Crippen molar-refractivity contribution in [1.82, 2.24) is 0 Å². The summed E-state index contributed by atoms with van der Waals surface area (Å²) >= 11 is 1.50. The van der Waals surface area contributed by atoms with Gasteiger partial charge in [-0.05, 0) is 17.9 Å². The molecule has 0 aliphatic heterocycles. The lowest BCUT2D eigenvalue weighted by Gasteiger charge is -2.04. The van der Waals surface area contributed by atoms with Crippen LogP contribution in [-0.4, -0.2) is 12.6 Å². The number of ether oxygens (including phenoxy) is 1. The summed E-state index contributed by atoms with van der Waals surface area (Å²) in [5.41, 5.74) is 0.460. The maximum atomic E-state index is 11.5. The summed E-state index contributed by atoms with van der Waals surface area (Å²) in [6.45, 7) is 6.35. The highest BCUT2D eigenvalue weighted by molar-refractivity contribution is 7.11. The molecular weight excluding hydrogens is 208 g/mol. The maximum Gasteiger partial charge on any atom is 0.338 e. The van der Waals surface area contributed by atoms with E-state index in [1.807, 2.05) is 17.5 Å². The summed E-state index contributed by atoms with van der Waals surface area (Å²) in [5.74, 6) is -0.298. The lowest BCUT2D eigenvalue weighted by Crippen LogP contribution is -2.06. The number of carbonyl (C=O) groups excluding carboxylic acids is 1. The van der Waals surface area contributed by atoms with Crippen molar-refractivity contribution >= 4 is 22.9 Å². The maximum absolute atomic E-state index is 11.5.